The number of rotatable bonds is 3. The first-order chi connectivity index (χ1) is 8.63. The molecule has 0 saturated carbocycles. The predicted molar refractivity (Wildman–Crippen MR) is 76.9 cm³/mol. The highest BCUT2D eigenvalue weighted by Gasteiger charge is 2.21. The van der Waals surface area contributed by atoms with Gasteiger partial charge in [-0.15, -0.1) is 11.8 Å². The Morgan fingerprint density at radius 1 is 1.56 bits per heavy atom. The van der Waals surface area contributed by atoms with Crippen LogP contribution in [-0.4, -0.2) is 37.9 Å². The zero-order valence-electron chi connectivity index (χ0n) is 10.8. The van der Waals surface area contributed by atoms with Crippen LogP contribution in [0.5, 0.6) is 0 Å². The minimum atomic E-state index is 0.133. The standard InChI is InChI=1S/C13H19N3OS/c1-9-8-16(6-7-17-9)10-4-3-5-11(18-2)12(10)13(14)15/h3-5,9H,6-8H2,1-2H3,(H3,14,15). The van der Waals surface area contributed by atoms with E-state index in [1.165, 1.54) is 0 Å². The van der Waals surface area contributed by atoms with Crippen LogP contribution in [0.15, 0.2) is 23.1 Å². The van der Waals surface area contributed by atoms with Crippen molar-refractivity contribution in [2.24, 2.45) is 5.73 Å². The van der Waals surface area contributed by atoms with E-state index in [-0.39, 0.29) is 11.9 Å². The zero-order chi connectivity index (χ0) is 13.1. The summed E-state index contributed by atoms with van der Waals surface area (Å²) in [6.07, 6.45) is 2.23. The van der Waals surface area contributed by atoms with E-state index in [2.05, 4.69) is 11.8 Å². The van der Waals surface area contributed by atoms with Crippen LogP contribution in [0.2, 0.25) is 0 Å². The largest absolute Gasteiger partial charge is 0.384 e. The van der Waals surface area contributed by atoms with Gasteiger partial charge in [-0.25, -0.2) is 0 Å². The zero-order valence-corrected chi connectivity index (χ0v) is 11.6. The quantitative estimate of drug-likeness (QED) is 0.498. The lowest BCUT2D eigenvalue weighted by atomic mass is 10.1. The number of anilines is 1. The van der Waals surface area contributed by atoms with E-state index in [4.69, 9.17) is 15.9 Å². The van der Waals surface area contributed by atoms with Crippen molar-refractivity contribution >= 4 is 23.3 Å². The Morgan fingerprint density at radius 3 is 2.94 bits per heavy atom. The van der Waals surface area contributed by atoms with Crippen molar-refractivity contribution < 1.29 is 4.74 Å². The van der Waals surface area contributed by atoms with Crippen molar-refractivity contribution in [2.45, 2.75) is 17.9 Å². The maximum Gasteiger partial charge on any atom is 0.126 e. The summed E-state index contributed by atoms with van der Waals surface area (Å²) in [6, 6.07) is 6.07. The highest BCUT2D eigenvalue weighted by Crippen LogP contribution is 2.30. The van der Waals surface area contributed by atoms with Gasteiger partial charge >= 0.3 is 0 Å². The van der Waals surface area contributed by atoms with Crippen molar-refractivity contribution in [3.05, 3.63) is 23.8 Å². The predicted octanol–water partition coefficient (Wildman–Crippen LogP) is 1.92. The number of benzene rings is 1. The van der Waals surface area contributed by atoms with Gasteiger partial charge in [0.1, 0.15) is 5.84 Å². The van der Waals surface area contributed by atoms with Gasteiger partial charge < -0.3 is 15.4 Å². The van der Waals surface area contributed by atoms with Gasteiger partial charge in [-0.1, -0.05) is 6.07 Å². The van der Waals surface area contributed by atoms with Crippen molar-refractivity contribution in [2.75, 3.05) is 30.9 Å². The number of amidine groups is 1. The molecule has 18 heavy (non-hydrogen) atoms. The molecular weight excluding hydrogens is 246 g/mol. The summed E-state index contributed by atoms with van der Waals surface area (Å²) in [5, 5.41) is 7.80. The van der Waals surface area contributed by atoms with Crippen molar-refractivity contribution in [3.8, 4) is 0 Å². The summed E-state index contributed by atoms with van der Waals surface area (Å²) < 4.78 is 5.55. The van der Waals surface area contributed by atoms with Crippen LogP contribution in [0.4, 0.5) is 5.69 Å². The summed E-state index contributed by atoms with van der Waals surface area (Å²) in [4.78, 5) is 3.31. The number of nitrogen functional groups attached to an aromatic ring is 1. The van der Waals surface area contributed by atoms with Crippen LogP contribution in [0, 0.1) is 5.41 Å². The second-order valence-corrected chi connectivity index (χ2v) is 5.24. The van der Waals surface area contributed by atoms with Gasteiger partial charge in [-0.2, -0.15) is 0 Å². The number of nitrogens with two attached hydrogens (primary N) is 1. The third-order valence-electron chi connectivity index (χ3n) is 3.08. The van der Waals surface area contributed by atoms with Crippen LogP contribution in [0.25, 0.3) is 0 Å². The summed E-state index contributed by atoms with van der Waals surface area (Å²) in [7, 11) is 0. The van der Waals surface area contributed by atoms with Crippen molar-refractivity contribution in [1.29, 1.82) is 5.41 Å². The average Bonchev–Trinajstić information content (AvgIpc) is 2.37. The van der Waals surface area contributed by atoms with Crippen molar-refractivity contribution in [1.82, 2.24) is 0 Å². The topological polar surface area (TPSA) is 62.3 Å². The maximum atomic E-state index is 7.80. The average molecular weight is 265 g/mol. The van der Waals surface area contributed by atoms with Gasteiger partial charge in [0.2, 0.25) is 0 Å². The molecule has 1 aromatic rings. The smallest absolute Gasteiger partial charge is 0.126 e. The van der Waals surface area contributed by atoms with Gasteiger partial charge in [-0.3, -0.25) is 5.41 Å². The van der Waals surface area contributed by atoms with Gasteiger partial charge in [0.05, 0.1) is 18.3 Å². The fourth-order valence-corrected chi connectivity index (χ4v) is 2.89. The number of nitrogens with zero attached hydrogens (tertiary/aromatic N) is 1. The minimum absolute atomic E-state index is 0.133. The molecule has 1 atom stereocenters. The third-order valence-corrected chi connectivity index (χ3v) is 3.86. The summed E-state index contributed by atoms with van der Waals surface area (Å²) >= 11 is 1.62. The van der Waals surface area contributed by atoms with Gasteiger partial charge in [0, 0.05) is 23.7 Å². The first-order valence-corrected chi connectivity index (χ1v) is 7.24. The molecule has 1 saturated heterocycles. The highest BCUT2D eigenvalue weighted by atomic mass is 32.2. The Hall–Kier alpha value is -1.20. The molecule has 0 bridgehead atoms. The van der Waals surface area contributed by atoms with E-state index in [1.807, 2.05) is 24.5 Å². The molecule has 1 heterocycles. The number of ether oxygens (including phenoxy) is 1. The molecule has 0 spiro atoms. The molecule has 4 nitrogen and oxygen atoms in total. The molecule has 0 amide bonds. The number of hydrogen-bond donors (Lipinski definition) is 2. The molecule has 5 heteroatoms. The van der Waals surface area contributed by atoms with Gasteiger partial charge in [0.15, 0.2) is 0 Å². The van der Waals surface area contributed by atoms with Gasteiger partial charge in [0.25, 0.3) is 0 Å². The minimum Gasteiger partial charge on any atom is -0.384 e. The van der Waals surface area contributed by atoms with Crippen LogP contribution in [0.3, 0.4) is 0 Å². The number of nitrogens with one attached hydrogen (secondary N) is 1. The molecule has 1 aromatic carbocycles. The summed E-state index contributed by atoms with van der Waals surface area (Å²) in [6.45, 7) is 4.49. The molecule has 0 aromatic heterocycles. The molecular formula is C13H19N3OS. The van der Waals surface area contributed by atoms with E-state index >= 15 is 0 Å². The maximum absolute atomic E-state index is 7.80. The number of hydrogen-bond acceptors (Lipinski definition) is 4. The first-order valence-electron chi connectivity index (χ1n) is 6.01. The second-order valence-electron chi connectivity index (χ2n) is 4.40. The van der Waals surface area contributed by atoms with Crippen LogP contribution in [0.1, 0.15) is 12.5 Å². The lowest BCUT2D eigenvalue weighted by molar-refractivity contribution is 0.0532. The second kappa shape index (κ2) is 5.63. The van der Waals surface area contributed by atoms with E-state index in [0.717, 1.165) is 35.8 Å². The monoisotopic (exact) mass is 265 g/mol. The summed E-state index contributed by atoms with van der Waals surface area (Å²) in [5.74, 6) is 0.133. The molecule has 1 fully saturated rings. The molecule has 1 aliphatic heterocycles. The molecule has 0 radical (unpaired) electrons. The lowest BCUT2D eigenvalue weighted by Crippen LogP contribution is -2.42. The Morgan fingerprint density at radius 2 is 2.33 bits per heavy atom. The number of morpholine rings is 1. The Kier molecular flexibility index (Phi) is 4.14. The van der Waals surface area contributed by atoms with Crippen LogP contribution < -0.4 is 10.6 Å². The Balaban J connectivity index is 2.40. The first kappa shape index (κ1) is 13.2. The van der Waals surface area contributed by atoms with E-state index in [1.54, 1.807) is 11.8 Å². The summed E-state index contributed by atoms with van der Waals surface area (Å²) in [5.41, 5.74) is 7.64. The lowest BCUT2D eigenvalue weighted by Gasteiger charge is -2.34. The Bertz CT molecular complexity index is 450. The third kappa shape index (κ3) is 2.62. The molecule has 98 valence electrons. The Labute approximate surface area is 112 Å². The normalized spacial score (nSPS) is 19.9. The van der Waals surface area contributed by atoms with Crippen molar-refractivity contribution in [3.63, 3.8) is 0 Å². The van der Waals surface area contributed by atoms with E-state index < -0.39 is 0 Å². The molecule has 1 unspecified atom stereocenters. The van der Waals surface area contributed by atoms with Gasteiger partial charge in [-0.05, 0) is 25.3 Å². The molecule has 0 aliphatic carbocycles. The molecule has 1 aliphatic rings. The number of thioether (sulfide) groups is 1. The highest BCUT2D eigenvalue weighted by molar-refractivity contribution is 7.98. The fourth-order valence-electron chi connectivity index (χ4n) is 2.26. The van der Waals surface area contributed by atoms with Crippen LogP contribution >= 0.6 is 11.8 Å². The fraction of sp³-hybridized carbons (Fsp3) is 0.462. The SMILES string of the molecule is CSc1cccc(N2CCOC(C)C2)c1C(=N)N. The van der Waals surface area contributed by atoms with Crippen LogP contribution in [-0.2, 0) is 4.74 Å². The molecule has 2 rings (SSSR count). The van der Waals surface area contributed by atoms with E-state index in [9.17, 15) is 0 Å². The molecule has 3 N–H and O–H groups in total. The van der Waals surface area contributed by atoms with E-state index in [0.29, 0.717) is 0 Å².